The number of carbonyl (C=O) groups is 1. The molecule has 1 saturated carbocycles. The van der Waals surface area contributed by atoms with Crippen LogP contribution in [0, 0.1) is 5.92 Å². The molecule has 3 nitrogen and oxygen atoms in total. The van der Waals surface area contributed by atoms with E-state index < -0.39 is 0 Å². The monoisotopic (exact) mass is 244 g/mol. The Labute approximate surface area is 108 Å². The van der Waals surface area contributed by atoms with Crippen LogP contribution < -0.4 is 5.73 Å². The van der Waals surface area contributed by atoms with E-state index in [9.17, 15) is 4.79 Å². The molecule has 3 unspecified atom stereocenters. The van der Waals surface area contributed by atoms with Crippen molar-refractivity contribution < 1.29 is 4.79 Å². The summed E-state index contributed by atoms with van der Waals surface area (Å²) in [7, 11) is 0. The van der Waals surface area contributed by atoms with E-state index in [1.54, 1.807) is 0 Å². The lowest BCUT2D eigenvalue weighted by atomic mass is 9.87. The third-order valence-corrected chi connectivity index (χ3v) is 4.23. The minimum absolute atomic E-state index is 0.266. The maximum Gasteiger partial charge on any atom is 0.227 e. The van der Waals surface area contributed by atoms with Crippen LogP contribution in [-0.2, 0) is 11.2 Å². The summed E-state index contributed by atoms with van der Waals surface area (Å²) < 4.78 is 0. The largest absolute Gasteiger partial charge is 0.339 e. The first kappa shape index (κ1) is 11.7. The number of rotatable bonds is 2. The molecule has 3 heteroatoms. The quantitative estimate of drug-likeness (QED) is 0.858. The minimum atomic E-state index is 0.266. The Morgan fingerprint density at radius 1 is 1.22 bits per heavy atom. The van der Waals surface area contributed by atoms with Gasteiger partial charge in [0.05, 0.1) is 6.42 Å². The van der Waals surface area contributed by atoms with Crippen LogP contribution in [0.1, 0.15) is 24.8 Å². The second-order valence-corrected chi connectivity index (χ2v) is 5.70. The molecular weight excluding hydrogens is 224 g/mol. The molecule has 2 aliphatic rings. The van der Waals surface area contributed by atoms with E-state index in [1.165, 1.54) is 0 Å². The van der Waals surface area contributed by atoms with Crippen LogP contribution in [0.15, 0.2) is 30.3 Å². The van der Waals surface area contributed by atoms with E-state index >= 15 is 0 Å². The van der Waals surface area contributed by atoms with Gasteiger partial charge >= 0.3 is 0 Å². The second-order valence-electron chi connectivity index (χ2n) is 5.70. The lowest BCUT2D eigenvalue weighted by molar-refractivity contribution is -0.131. The number of fused-ring (bicyclic) bond motifs is 2. The van der Waals surface area contributed by atoms with Gasteiger partial charge in [0.15, 0.2) is 0 Å². The summed E-state index contributed by atoms with van der Waals surface area (Å²) in [5.74, 6) is 0.904. The van der Waals surface area contributed by atoms with Crippen molar-refractivity contribution in [3.05, 3.63) is 35.9 Å². The number of nitrogens with zero attached hydrogens (tertiary/aromatic N) is 1. The minimum Gasteiger partial charge on any atom is -0.339 e. The van der Waals surface area contributed by atoms with Crippen LogP contribution in [0.3, 0.4) is 0 Å². The van der Waals surface area contributed by atoms with Gasteiger partial charge in [-0.3, -0.25) is 4.79 Å². The topological polar surface area (TPSA) is 46.3 Å². The normalized spacial score (nSPS) is 30.5. The number of amides is 1. The van der Waals surface area contributed by atoms with Gasteiger partial charge in [0.2, 0.25) is 5.91 Å². The average molecular weight is 244 g/mol. The van der Waals surface area contributed by atoms with Crippen molar-refractivity contribution >= 4 is 5.91 Å². The highest BCUT2D eigenvalue weighted by Crippen LogP contribution is 2.35. The van der Waals surface area contributed by atoms with Crippen LogP contribution in [0.25, 0.3) is 0 Å². The Morgan fingerprint density at radius 2 is 2.00 bits per heavy atom. The molecule has 3 atom stereocenters. The van der Waals surface area contributed by atoms with Gasteiger partial charge < -0.3 is 10.6 Å². The summed E-state index contributed by atoms with van der Waals surface area (Å²) in [6.45, 7) is 0.921. The number of hydrogen-bond acceptors (Lipinski definition) is 2. The standard InChI is InChI=1S/C15H20N2O/c16-13-6-12-7-14(9-13)17(10-12)15(18)8-11-4-2-1-3-5-11/h1-5,12-14H,6-10,16H2. The van der Waals surface area contributed by atoms with E-state index in [0.29, 0.717) is 24.4 Å². The highest BCUT2D eigenvalue weighted by molar-refractivity contribution is 5.79. The first-order valence-electron chi connectivity index (χ1n) is 6.81. The first-order chi connectivity index (χ1) is 8.72. The maximum absolute atomic E-state index is 12.3. The van der Waals surface area contributed by atoms with E-state index in [-0.39, 0.29) is 5.91 Å². The molecule has 1 aliphatic heterocycles. The van der Waals surface area contributed by atoms with Gasteiger partial charge in [-0.05, 0) is 30.7 Å². The van der Waals surface area contributed by atoms with Gasteiger partial charge in [-0.15, -0.1) is 0 Å². The molecule has 2 fully saturated rings. The fourth-order valence-electron chi connectivity index (χ4n) is 3.46. The van der Waals surface area contributed by atoms with Crippen molar-refractivity contribution in [2.24, 2.45) is 11.7 Å². The molecule has 2 N–H and O–H groups in total. The number of hydrogen-bond donors (Lipinski definition) is 1. The molecule has 1 aliphatic carbocycles. The summed E-state index contributed by atoms with van der Waals surface area (Å²) in [4.78, 5) is 14.4. The molecule has 1 heterocycles. The highest BCUT2D eigenvalue weighted by atomic mass is 16.2. The lowest BCUT2D eigenvalue weighted by Gasteiger charge is -2.27. The van der Waals surface area contributed by atoms with E-state index in [1.807, 2.05) is 30.3 Å². The highest BCUT2D eigenvalue weighted by Gasteiger charge is 2.40. The molecule has 0 radical (unpaired) electrons. The van der Waals surface area contributed by atoms with Gasteiger partial charge in [-0.1, -0.05) is 30.3 Å². The third kappa shape index (κ3) is 2.27. The van der Waals surface area contributed by atoms with Crippen molar-refractivity contribution in [3.63, 3.8) is 0 Å². The van der Waals surface area contributed by atoms with Gasteiger partial charge in [-0.25, -0.2) is 0 Å². The van der Waals surface area contributed by atoms with Gasteiger partial charge in [0.25, 0.3) is 0 Å². The Bertz CT molecular complexity index is 431. The summed E-state index contributed by atoms with van der Waals surface area (Å²) in [5, 5.41) is 0. The van der Waals surface area contributed by atoms with Crippen LogP contribution in [-0.4, -0.2) is 29.4 Å². The van der Waals surface area contributed by atoms with Crippen LogP contribution in [0.2, 0.25) is 0 Å². The van der Waals surface area contributed by atoms with E-state index in [2.05, 4.69) is 4.90 Å². The molecule has 2 bridgehead atoms. The first-order valence-corrected chi connectivity index (χ1v) is 6.81. The summed E-state index contributed by atoms with van der Waals surface area (Å²) in [6, 6.07) is 10.7. The Kier molecular flexibility index (Phi) is 3.08. The Morgan fingerprint density at radius 3 is 2.78 bits per heavy atom. The number of likely N-dealkylation sites (tertiary alicyclic amines) is 1. The zero-order chi connectivity index (χ0) is 12.5. The van der Waals surface area contributed by atoms with Crippen LogP contribution in [0.5, 0.6) is 0 Å². The summed E-state index contributed by atoms with van der Waals surface area (Å²) >= 11 is 0. The number of benzene rings is 1. The van der Waals surface area contributed by atoms with E-state index in [4.69, 9.17) is 5.73 Å². The molecular formula is C15H20N2O. The molecule has 3 rings (SSSR count). The molecule has 0 aromatic heterocycles. The molecule has 0 spiro atoms. The van der Waals surface area contributed by atoms with Crippen molar-refractivity contribution in [2.75, 3.05) is 6.54 Å². The van der Waals surface area contributed by atoms with Gasteiger partial charge in [0, 0.05) is 18.6 Å². The molecule has 18 heavy (non-hydrogen) atoms. The van der Waals surface area contributed by atoms with Crippen LogP contribution >= 0.6 is 0 Å². The zero-order valence-electron chi connectivity index (χ0n) is 10.6. The Balaban J connectivity index is 1.67. The molecule has 1 aromatic carbocycles. The SMILES string of the molecule is NC1CC2CC(C1)N(C(=O)Cc1ccccc1)C2. The number of carbonyl (C=O) groups excluding carboxylic acids is 1. The number of nitrogens with two attached hydrogens (primary N) is 1. The molecule has 1 saturated heterocycles. The zero-order valence-corrected chi connectivity index (χ0v) is 10.6. The lowest BCUT2D eigenvalue weighted by Crippen LogP contribution is -2.39. The smallest absolute Gasteiger partial charge is 0.227 e. The predicted molar refractivity (Wildman–Crippen MR) is 71.0 cm³/mol. The van der Waals surface area contributed by atoms with Crippen molar-refractivity contribution in [1.29, 1.82) is 0 Å². The van der Waals surface area contributed by atoms with Gasteiger partial charge in [-0.2, -0.15) is 0 Å². The molecule has 96 valence electrons. The van der Waals surface area contributed by atoms with Crippen molar-refractivity contribution in [2.45, 2.75) is 37.8 Å². The summed E-state index contributed by atoms with van der Waals surface area (Å²) in [6.07, 6.45) is 3.76. The second kappa shape index (κ2) is 4.73. The Hall–Kier alpha value is -1.35. The maximum atomic E-state index is 12.3. The predicted octanol–water partition coefficient (Wildman–Crippen LogP) is 1.57. The fourth-order valence-corrected chi connectivity index (χ4v) is 3.46. The van der Waals surface area contributed by atoms with Crippen molar-refractivity contribution in [1.82, 2.24) is 4.90 Å². The molecule has 1 amide bonds. The van der Waals surface area contributed by atoms with E-state index in [0.717, 1.165) is 31.4 Å². The van der Waals surface area contributed by atoms with Crippen LogP contribution in [0.4, 0.5) is 0 Å². The third-order valence-electron chi connectivity index (χ3n) is 4.23. The fraction of sp³-hybridized carbons (Fsp3) is 0.533. The molecule has 1 aromatic rings. The van der Waals surface area contributed by atoms with Crippen molar-refractivity contribution in [3.8, 4) is 0 Å². The average Bonchev–Trinajstić information content (AvgIpc) is 2.66. The summed E-state index contributed by atoms with van der Waals surface area (Å²) in [5.41, 5.74) is 7.14. The van der Waals surface area contributed by atoms with Gasteiger partial charge in [0.1, 0.15) is 0 Å².